The molecule has 1 aliphatic rings. The molecule has 0 heterocycles. The lowest BCUT2D eigenvalue weighted by Crippen LogP contribution is -2.19. The molecule has 2 nitrogen and oxygen atoms in total. The quantitative estimate of drug-likeness (QED) is 0.750. The largest absolute Gasteiger partial charge is 0.399 e. The van der Waals surface area contributed by atoms with Crippen molar-refractivity contribution in [2.75, 3.05) is 11.5 Å². The summed E-state index contributed by atoms with van der Waals surface area (Å²) < 4.78 is 0. The van der Waals surface area contributed by atoms with Crippen molar-refractivity contribution in [2.24, 2.45) is 0 Å². The van der Waals surface area contributed by atoms with Crippen LogP contribution in [0.4, 0.5) is 11.4 Å². The lowest BCUT2D eigenvalue weighted by atomic mass is 9.77. The van der Waals surface area contributed by atoms with Gasteiger partial charge in [-0.3, -0.25) is 0 Å². The maximum absolute atomic E-state index is 5.86. The second kappa shape index (κ2) is 3.77. The molecule has 0 amide bonds. The second-order valence-corrected chi connectivity index (χ2v) is 5.37. The zero-order chi connectivity index (χ0) is 12.8. The molecule has 1 unspecified atom stereocenters. The van der Waals surface area contributed by atoms with Crippen LogP contribution in [0.15, 0.2) is 42.5 Å². The summed E-state index contributed by atoms with van der Waals surface area (Å²) in [6.45, 7) is 2.31. The van der Waals surface area contributed by atoms with Gasteiger partial charge >= 0.3 is 0 Å². The Morgan fingerprint density at radius 2 is 1.61 bits per heavy atom. The molecule has 0 fully saturated rings. The fourth-order valence-corrected chi connectivity index (χ4v) is 3.03. The number of aryl methyl sites for hydroxylation is 1. The van der Waals surface area contributed by atoms with E-state index in [0.29, 0.717) is 0 Å². The van der Waals surface area contributed by atoms with Gasteiger partial charge in [0.15, 0.2) is 0 Å². The van der Waals surface area contributed by atoms with E-state index in [9.17, 15) is 0 Å². The predicted molar refractivity (Wildman–Crippen MR) is 76.5 cm³/mol. The Bertz CT molecular complexity index is 587. The number of nitrogens with two attached hydrogens (primary N) is 2. The van der Waals surface area contributed by atoms with Crippen LogP contribution < -0.4 is 11.5 Å². The lowest BCUT2D eigenvalue weighted by molar-refractivity contribution is 0.566. The van der Waals surface area contributed by atoms with E-state index in [2.05, 4.69) is 31.2 Å². The molecule has 0 aromatic heterocycles. The van der Waals surface area contributed by atoms with Crippen molar-refractivity contribution in [2.45, 2.75) is 25.2 Å². The van der Waals surface area contributed by atoms with Crippen molar-refractivity contribution in [1.29, 1.82) is 0 Å². The van der Waals surface area contributed by atoms with Crippen LogP contribution in [0.25, 0.3) is 0 Å². The number of hydrogen-bond acceptors (Lipinski definition) is 2. The van der Waals surface area contributed by atoms with Gasteiger partial charge in [-0.2, -0.15) is 0 Å². The summed E-state index contributed by atoms with van der Waals surface area (Å²) in [6.07, 6.45) is 2.23. The number of nitrogen functional groups attached to an aromatic ring is 2. The van der Waals surface area contributed by atoms with Crippen molar-refractivity contribution in [3.8, 4) is 0 Å². The van der Waals surface area contributed by atoms with Gasteiger partial charge < -0.3 is 11.5 Å². The maximum Gasteiger partial charge on any atom is 0.0316 e. The Balaban J connectivity index is 2.11. The Kier molecular flexibility index (Phi) is 2.34. The molecular weight excluding hydrogens is 220 g/mol. The smallest absolute Gasteiger partial charge is 0.0316 e. The molecule has 0 saturated heterocycles. The van der Waals surface area contributed by atoms with E-state index >= 15 is 0 Å². The van der Waals surface area contributed by atoms with Crippen molar-refractivity contribution < 1.29 is 0 Å². The van der Waals surface area contributed by atoms with E-state index in [1.807, 2.05) is 18.2 Å². The molecule has 0 radical (unpaired) electrons. The Labute approximate surface area is 108 Å². The summed E-state index contributed by atoms with van der Waals surface area (Å²) in [7, 11) is 0. The molecule has 1 aliphatic carbocycles. The van der Waals surface area contributed by atoms with E-state index in [4.69, 9.17) is 11.5 Å². The molecule has 0 aliphatic heterocycles. The fraction of sp³-hybridized carbons (Fsp3) is 0.250. The monoisotopic (exact) mass is 238 g/mol. The van der Waals surface area contributed by atoms with Crippen LogP contribution in [0.3, 0.4) is 0 Å². The van der Waals surface area contributed by atoms with Gasteiger partial charge in [0, 0.05) is 16.8 Å². The molecule has 4 N–H and O–H groups in total. The summed E-state index contributed by atoms with van der Waals surface area (Å²) in [5, 5.41) is 0. The molecule has 2 aromatic rings. The highest BCUT2D eigenvalue weighted by atomic mass is 14.6. The molecule has 0 bridgehead atoms. The topological polar surface area (TPSA) is 52.0 Å². The van der Waals surface area contributed by atoms with Crippen LogP contribution in [0.1, 0.15) is 30.0 Å². The van der Waals surface area contributed by atoms with Gasteiger partial charge in [0.05, 0.1) is 0 Å². The van der Waals surface area contributed by atoms with Crippen molar-refractivity contribution in [1.82, 2.24) is 0 Å². The average Bonchev–Trinajstić information content (AvgIpc) is 2.68. The molecule has 1 atom stereocenters. The van der Waals surface area contributed by atoms with Crippen molar-refractivity contribution in [3.63, 3.8) is 0 Å². The number of anilines is 2. The fourth-order valence-electron chi connectivity index (χ4n) is 3.03. The predicted octanol–water partition coefficient (Wildman–Crippen LogP) is 3.10. The second-order valence-electron chi connectivity index (χ2n) is 5.37. The van der Waals surface area contributed by atoms with Crippen LogP contribution in [0.5, 0.6) is 0 Å². The molecule has 0 saturated carbocycles. The van der Waals surface area contributed by atoms with E-state index in [-0.39, 0.29) is 5.41 Å². The zero-order valence-corrected chi connectivity index (χ0v) is 10.6. The van der Waals surface area contributed by atoms with E-state index in [1.165, 1.54) is 16.7 Å². The first kappa shape index (κ1) is 11.1. The van der Waals surface area contributed by atoms with Gasteiger partial charge in [0.2, 0.25) is 0 Å². The molecule has 2 heteroatoms. The first-order valence-corrected chi connectivity index (χ1v) is 6.34. The van der Waals surface area contributed by atoms with Crippen LogP contribution >= 0.6 is 0 Å². The molecule has 2 aromatic carbocycles. The minimum absolute atomic E-state index is 0.0940. The third-order valence-corrected chi connectivity index (χ3v) is 4.17. The molecule has 18 heavy (non-hydrogen) atoms. The van der Waals surface area contributed by atoms with Gasteiger partial charge in [-0.25, -0.2) is 0 Å². The van der Waals surface area contributed by atoms with Crippen LogP contribution in [-0.4, -0.2) is 0 Å². The van der Waals surface area contributed by atoms with Gasteiger partial charge in [-0.05, 0) is 53.8 Å². The number of hydrogen-bond donors (Lipinski definition) is 2. The average molecular weight is 238 g/mol. The summed E-state index contributed by atoms with van der Waals surface area (Å²) in [4.78, 5) is 0. The molecule has 0 spiro atoms. The summed E-state index contributed by atoms with van der Waals surface area (Å²) >= 11 is 0. The van der Waals surface area contributed by atoms with E-state index in [1.54, 1.807) is 0 Å². The van der Waals surface area contributed by atoms with E-state index in [0.717, 1.165) is 24.2 Å². The summed E-state index contributed by atoms with van der Waals surface area (Å²) in [6, 6.07) is 14.5. The van der Waals surface area contributed by atoms with Gasteiger partial charge in [-0.1, -0.05) is 25.1 Å². The molecule has 92 valence electrons. The molecule has 3 rings (SSSR count). The number of benzene rings is 2. The van der Waals surface area contributed by atoms with Crippen molar-refractivity contribution in [3.05, 3.63) is 59.2 Å². The van der Waals surface area contributed by atoms with Gasteiger partial charge in [0.1, 0.15) is 0 Å². The SMILES string of the molecule is CC1(c2ccc(N)cc2)CCc2cc(N)ccc21. The summed E-state index contributed by atoms with van der Waals surface area (Å²) in [5.74, 6) is 0. The zero-order valence-electron chi connectivity index (χ0n) is 10.6. The highest BCUT2D eigenvalue weighted by molar-refractivity contribution is 5.54. The van der Waals surface area contributed by atoms with Crippen molar-refractivity contribution >= 4 is 11.4 Å². The normalized spacial score (nSPS) is 21.8. The van der Waals surface area contributed by atoms with Gasteiger partial charge in [0.25, 0.3) is 0 Å². The van der Waals surface area contributed by atoms with Gasteiger partial charge in [-0.15, -0.1) is 0 Å². The first-order valence-electron chi connectivity index (χ1n) is 6.34. The Morgan fingerprint density at radius 1 is 0.944 bits per heavy atom. The summed E-state index contributed by atoms with van der Waals surface area (Å²) in [5.41, 5.74) is 17.5. The maximum atomic E-state index is 5.86. The Morgan fingerprint density at radius 3 is 2.33 bits per heavy atom. The van der Waals surface area contributed by atoms with Crippen LogP contribution in [0.2, 0.25) is 0 Å². The van der Waals surface area contributed by atoms with E-state index < -0.39 is 0 Å². The third-order valence-electron chi connectivity index (χ3n) is 4.17. The minimum Gasteiger partial charge on any atom is -0.399 e. The highest BCUT2D eigenvalue weighted by Gasteiger charge is 2.35. The third kappa shape index (κ3) is 1.57. The minimum atomic E-state index is 0.0940. The van der Waals surface area contributed by atoms with Crippen LogP contribution in [-0.2, 0) is 11.8 Å². The van der Waals surface area contributed by atoms with Crippen LogP contribution in [0, 0.1) is 0 Å². The highest BCUT2D eigenvalue weighted by Crippen LogP contribution is 2.44. The number of rotatable bonds is 1. The number of fused-ring (bicyclic) bond motifs is 1. The first-order chi connectivity index (χ1) is 8.59. The lowest BCUT2D eigenvalue weighted by Gasteiger charge is -2.26. The molecular formula is C16H18N2. The standard InChI is InChI=1S/C16H18N2/c1-16(12-2-4-13(17)5-3-12)9-8-11-10-14(18)6-7-15(11)16/h2-7,10H,8-9,17-18H2,1H3. The Hall–Kier alpha value is -1.96.